The highest BCUT2D eigenvalue weighted by molar-refractivity contribution is 7.89. The fraction of sp³-hybridized carbons (Fsp3) is 0.333. The van der Waals surface area contributed by atoms with Crippen molar-refractivity contribution in [2.24, 2.45) is 0 Å². The van der Waals surface area contributed by atoms with Gasteiger partial charge in [0.15, 0.2) is 0 Å². The molecule has 0 bridgehead atoms. The molecule has 0 aliphatic heterocycles. The molecule has 90 valence electrons. The van der Waals surface area contributed by atoms with Crippen LogP contribution in [0.4, 0.5) is 4.39 Å². The van der Waals surface area contributed by atoms with Crippen LogP contribution < -0.4 is 4.72 Å². The molecule has 0 amide bonds. The van der Waals surface area contributed by atoms with Crippen molar-refractivity contribution in [1.82, 2.24) is 4.72 Å². The van der Waals surface area contributed by atoms with Gasteiger partial charge >= 0.3 is 0 Å². The molecular weight excluding hydrogens is 257 g/mol. The summed E-state index contributed by atoms with van der Waals surface area (Å²) in [6.07, 6.45) is 0. The first-order valence-corrected chi connectivity index (χ1v) is 6.27. The van der Waals surface area contributed by atoms with E-state index in [1.54, 1.807) is 0 Å². The molecule has 0 radical (unpaired) electrons. The Morgan fingerprint density at radius 3 is 2.81 bits per heavy atom. The molecule has 0 heterocycles. The maximum Gasteiger partial charge on any atom is 0.243 e. The minimum absolute atomic E-state index is 0.0742. The molecule has 4 nitrogen and oxygen atoms in total. The van der Waals surface area contributed by atoms with Gasteiger partial charge in [0.05, 0.1) is 6.61 Å². The van der Waals surface area contributed by atoms with E-state index in [1.807, 2.05) is 0 Å². The number of halogens is 2. The van der Waals surface area contributed by atoms with Gasteiger partial charge in [0.1, 0.15) is 10.7 Å². The lowest BCUT2D eigenvalue weighted by Gasteiger charge is -2.07. The maximum absolute atomic E-state index is 13.3. The van der Waals surface area contributed by atoms with Crippen molar-refractivity contribution in [1.29, 1.82) is 0 Å². The van der Waals surface area contributed by atoms with E-state index in [4.69, 9.17) is 11.6 Å². The number of methoxy groups -OCH3 is 1. The van der Waals surface area contributed by atoms with E-state index in [0.717, 1.165) is 12.1 Å². The maximum atomic E-state index is 13.3. The van der Waals surface area contributed by atoms with Crippen molar-refractivity contribution in [2.75, 3.05) is 20.3 Å². The van der Waals surface area contributed by atoms with Crippen LogP contribution in [0.25, 0.3) is 0 Å². The van der Waals surface area contributed by atoms with Crippen molar-refractivity contribution >= 4 is 21.6 Å². The average Bonchev–Trinajstić information content (AvgIpc) is 2.22. The van der Waals surface area contributed by atoms with Crippen LogP contribution in [0.3, 0.4) is 0 Å². The van der Waals surface area contributed by atoms with E-state index in [2.05, 4.69) is 9.46 Å². The molecule has 1 rings (SSSR count). The third kappa shape index (κ3) is 3.41. The third-order valence-corrected chi connectivity index (χ3v) is 3.49. The molecule has 0 unspecified atom stereocenters. The van der Waals surface area contributed by atoms with Gasteiger partial charge < -0.3 is 4.74 Å². The molecular formula is C9H11ClFNO3S. The number of rotatable bonds is 5. The van der Waals surface area contributed by atoms with Crippen LogP contribution in [0, 0.1) is 5.82 Å². The predicted molar refractivity (Wildman–Crippen MR) is 58.5 cm³/mol. The quantitative estimate of drug-likeness (QED) is 0.821. The number of hydrogen-bond donors (Lipinski definition) is 1. The van der Waals surface area contributed by atoms with Gasteiger partial charge in [-0.3, -0.25) is 0 Å². The van der Waals surface area contributed by atoms with Crippen molar-refractivity contribution < 1.29 is 17.5 Å². The zero-order valence-electron chi connectivity index (χ0n) is 8.54. The molecule has 16 heavy (non-hydrogen) atoms. The summed E-state index contributed by atoms with van der Waals surface area (Å²) in [4.78, 5) is -0.462. The van der Waals surface area contributed by atoms with Crippen LogP contribution in [0.1, 0.15) is 0 Å². The van der Waals surface area contributed by atoms with Crippen molar-refractivity contribution in [3.63, 3.8) is 0 Å². The molecule has 1 aromatic carbocycles. The highest BCUT2D eigenvalue weighted by Gasteiger charge is 2.18. The zero-order chi connectivity index (χ0) is 12.2. The summed E-state index contributed by atoms with van der Waals surface area (Å²) in [6.45, 7) is 0.284. The van der Waals surface area contributed by atoms with Gasteiger partial charge in [-0.25, -0.2) is 17.5 Å². The van der Waals surface area contributed by atoms with Crippen LogP contribution in [-0.4, -0.2) is 28.7 Å². The summed E-state index contributed by atoms with van der Waals surface area (Å²) in [7, 11) is -2.44. The molecule has 0 fully saturated rings. The molecule has 0 atom stereocenters. The van der Waals surface area contributed by atoms with Gasteiger partial charge in [-0.15, -0.1) is 0 Å². The first-order chi connectivity index (χ1) is 7.47. The Labute approximate surface area is 98.4 Å². The summed E-state index contributed by atoms with van der Waals surface area (Å²) in [6, 6.07) is 3.35. The Morgan fingerprint density at radius 1 is 1.50 bits per heavy atom. The number of benzene rings is 1. The Kier molecular flexibility index (Phi) is 4.67. The minimum Gasteiger partial charge on any atom is -0.383 e. The molecule has 0 saturated heterocycles. The highest BCUT2D eigenvalue weighted by atomic mass is 35.5. The lowest BCUT2D eigenvalue weighted by atomic mass is 10.3. The number of ether oxygens (including phenoxy) is 1. The zero-order valence-corrected chi connectivity index (χ0v) is 10.1. The van der Waals surface area contributed by atoms with Gasteiger partial charge in [0.25, 0.3) is 0 Å². The molecule has 7 heteroatoms. The first-order valence-electron chi connectivity index (χ1n) is 4.41. The molecule has 0 saturated carbocycles. The first kappa shape index (κ1) is 13.4. The lowest BCUT2D eigenvalue weighted by molar-refractivity contribution is 0.204. The Hall–Kier alpha value is -0.690. The van der Waals surface area contributed by atoms with Gasteiger partial charge in [-0.05, 0) is 18.2 Å². The fourth-order valence-electron chi connectivity index (χ4n) is 1.04. The number of nitrogens with one attached hydrogen (secondary N) is 1. The minimum atomic E-state index is -3.88. The molecule has 1 N–H and O–H groups in total. The lowest BCUT2D eigenvalue weighted by Crippen LogP contribution is -2.27. The van der Waals surface area contributed by atoms with E-state index >= 15 is 0 Å². The van der Waals surface area contributed by atoms with Gasteiger partial charge in [-0.2, -0.15) is 0 Å². The molecule has 0 aliphatic rings. The fourth-order valence-corrected chi connectivity index (χ4v) is 2.39. The van der Waals surface area contributed by atoms with E-state index in [-0.39, 0.29) is 18.2 Å². The Bertz CT molecular complexity index is 464. The standard InChI is InChI=1S/C9H11ClFNO3S/c1-15-5-4-12-16(13,14)9-6-7(10)2-3-8(9)11/h2-3,6,12H,4-5H2,1H3. The van der Waals surface area contributed by atoms with E-state index in [1.165, 1.54) is 13.2 Å². The van der Waals surface area contributed by atoms with Crippen molar-refractivity contribution in [3.8, 4) is 0 Å². The second-order valence-corrected chi connectivity index (χ2v) is 5.14. The van der Waals surface area contributed by atoms with Gasteiger partial charge in [-0.1, -0.05) is 11.6 Å². The molecule has 0 aromatic heterocycles. The van der Waals surface area contributed by atoms with E-state index < -0.39 is 20.7 Å². The number of hydrogen-bond acceptors (Lipinski definition) is 3. The van der Waals surface area contributed by atoms with Crippen LogP contribution in [-0.2, 0) is 14.8 Å². The van der Waals surface area contributed by atoms with Crippen LogP contribution in [0.5, 0.6) is 0 Å². The average molecular weight is 268 g/mol. The summed E-state index contributed by atoms with van der Waals surface area (Å²) in [5.74, 6) is -0.839. The van der Waals surface area contributed by atoms with E-state index in [9.17, 15) is 12.8 Å². The molecule has 1 aromatic rings. The second-order valence-electron chi connectivity index (χ2n) is 2.97. The normalized spacial score (nSPS) is 11.7. The number of sulfonamides is 1. The summed E-state index contributed by atoms with van der Waals surface area (Å²) >= 11 is 5.60. The van der Waals surface area contributed by atoms with Gasteiger partial charge in [0.2, 0.25) is 10.0 Å². The van der Waals surface area contributed by atoms with E-state index in [0.29, 0.717) is 0 Å². The second kappa shape index (κ2) is 5.58. The summed E-state index contributed by atoms with van der Waals surface area (Å²) < 4.78 is 43.4. The third-order valence-electron chi connectivity index (χ3n) is 1.78. The Balaban J connectivity index is 2.93. The monoisotopic (exact) mass is 267 g/mol. The summed E-state index contributed by atoms with van der Waals surface area (Å²) in [5, 5.41) is 0.161. The SMILES string of the molecule is COCCNS(=O)(=O)c1cc(Cl)ccc1F. The van der Waals surface area contributed by atoms with Crippen molar-refractivity contribution in [2.45, 2.75) is 4.90 Å². The predicted octanol–water partition coefficient (Wildman–Crippen LogP) is 1.40. The summed E-state index contributed by atoms with van der Waals surface area (Å²) in [5.41, 5.74) is 0. The van der Waals surface area contributed by atoms with Gasteiger partial charge in [0, 0.05) is 18.7 Å². The largest absolute Gasteiger partial charge is 0.383 e. The van der Waals surface area contributed by atoms with Crippen LogP contribution >= 0.6 is 11.6 Å². The smallest absolute Gasteiger partial charge is 0.243 e. The topological polar surface area (TPSA) is 55.4 Å². The molecule has 0 spiro atoms. The Morgan fingerprint density at radius 2 is 2.19 bits per heavy atom. The van der Waals surface area contributed by atoms with Crippen molar-refractivity contribution in [3.05, 3.63) is 29.0 Å². The highest BCUT2D eigenvalue weighted by Crippen LogP contribution is 2.19. The van der Waals surface area contributed by atoms with Crippen LogP contribution in [0.2, 0.25) is 5.02 Å². The van der Waals surface area contributed by atoms with Crippen LogP contribution in [0.15, 0.2) is 23.1 Å². The molecule has 0 aliphatic carbocycles.